The number of hydrogen-bond donors (Lipinski definition) is 1. The third kappa shape index (κ3) is 1.45. The van der Waals surface area contributed by atoms with Gasteiger partial charge in [-0.2, -0.15) is 0 Å². The van der Waals surface area contributed by atoms with Gasteiger partial charge >= 0.3 is 0 Å². The maximum atomic E-state index is 11.7. The SMILES string of the molecule is O=C1CCCN1c1ccnc2c1CCCN2. The van der Waals surface area contributed by atoms with E-state index in [1.165, 1.54) is 5.56 Å². The molecule has 0 atom stereocenters. The van der Waals surface area contributed by atoms with Crippen molar-refractivity contribution in [3.05, 3.63) is 17.8 Å². The lowest BCUT2D eigenvalue weighted by molar-refractivity contribution is -0.117. The maximum Gasteiger partial charge on any atom is 0.227 e. The van der Waals surface area contributed by atoms with Crippen LogP contribution in [0.5, 0.6) is 0 Å². The summed E-state index contributed by atoms with van der Waals surface area (Å²) in [5.74, 6) is 1.21. The topological polar surface area (TPSA) is 45.2 Å². The van der Waals surface area contributed by atoms with Crippen LogP contribution in [0.2, 0.25) is 0 Å². The van der Waals surface area contributed by atoms with Crippen molar-refractivity contribution in [1.29, 1.82) is 0 Å². The zero-order valence-electron chi connectivity index (χ0n) is 9.20. The van der Waals surface area contributed by atoms with Gasteiger partial charge in [-0.05, 0) is 25.3 Å². The molecule has 0 unspecified atom stereocenters. The Labute approximate surface area is 94.7 Å². The predicted molar refractivity (Wildman–Crippen MR) is 62.6 cm³/mol. The highest BCUT2D eigenvalue weighted by molar-refractivity contribution is 5.96. The number of rotatable bonds is 1. The Kier molecular flexibility index (Phi) is 2.27. The molecule has 0 aromatic carbocycles. The van der Waals surface area contributed by atoms with Crippen LogP contribution in [0, 0.1) is 0 Å². The third-order valence-corrected chi connectivity index (χ3v) is 3.29. The summed E-state index contributed by atoms with van der Waals surface area (Å²) in [4.78, 5) is 18.0. The molecule has 4 nitrogen and oxygen atoms in total. The van der Waals surface area contributed by atoms with Gasteiger partial charge in [0.2, 0.25) is 5.91 Å². The van der Waals surface area contributed by atoms with E-state index in [0.29, 0.717) is 6.42 Å². The van der Waals surface area contributed by atoms with E-state index in [2.05, 4.69) is 10.3 Å². The fourth-order valence-corrected chi connectivity index (χ4v) is 2.51. The van der Waals surface area contributed by atoms with E-state index < -0.39 is 0 Å². The first-order valence-electron chi connectivity index (χ1n) is 5.88. The van der Waals surface area contributed by atoms with Gasteiger partial charge in [-0.25, -0.2) is 4.98 Å². The average Bonchev–Trinajstić information content (AvgIpc) is 2.75. The van der Waals surface area contributed by atoms with Crippen LogP contribution < -0.4 is 10.2 Å². The number of aromatic nitrogens is 1. The van der Waals surface area contributed by atoms with Crippen LogP contribution in [0.3, 0.4) is 0 Å². The van der Waals surface area contributed by atoms with Crippen molar-refractivity contribution in [1.82, 2.24) is 4.98 Å². The predicted octanol–water partition coefficient (Wildman–Crippen LogP) is 1.57. The molecule has 1 fully saturated rings. The maximum absolute atomic E-state index is 11.7. The van der Waals surface area contributed by atoms with Gasteiger partial charge in [0.05, 0.1) is 5.69 Å². The number of pyridine rings is 1. The molecular weight excluding hydrogens is 202 g/mol. The zero-order chi connectivity index (χ0) is 11.0. The zero-order valence-corrected chi connectivity index (χ0v) is 9.20. The van der Waals surface area contributed by atoms with Crippen molar-refractivity contribution < 1.29 is 4.79 Å². The number of amides is 1. The molecule has 2 aliphatic heterocycles. The minimum atomic E-state index is 0.249. The Morgan fingerprint density at radius 3 is 3.06 bits per heavy atom. The Morgan fingerprint density at radius 1 is 1.31 bits per heavy atom. The van der Waals surface area contributed by atoms with Crippen molar-refractivity contribution in [3.63, 3.8) is 0 Å². The summed E-state index contributed by atoms with van der Waals surface area (Å²) < 4.78 is 0. The second-order valence-electron chi connectivity index (χ2n) is 4.34. The van der Waals surface area contributed by atoms with E-state index in [0.717, 1.165) is 43.9 Å². The van der Waals surface area contributed by atoms with Crippen molar-refractivity contribution in [3.8, 4) is 0 Å². The van der Waals surface area contributed by atoms with Gasteiger partial charge in [0.1, 0.15) is 5.82 Å². The molecule has 1 aromatic heterocycles. The summed E-state index contributed by atoms with van der Waals surface area (Å²) in [5, 5.41) is 3.29. The van der Waals surface area contributed by atoms with E-state index in [9.17, 15) is 4.79 Å². The number of carbonyl (C=O) groups excluding carboxylic acids is 1. The van der Waals surface area contributed by atoms with E-state index in [1.807, 2.05) is 11.0 Å². The summed E-state index contributed by atoms with van der Waals surface area (Å²) in [6.07, 6.45) is 5.59. The smallest absolute Gasteiger partial charge is 0.227 e. The van der Waals surface area contributed by atoms with Crippen LogP contribution in [-0.2, 0) is 11.2 Å². The molecule has 84 valence electrons. The van der Waals surface area contributed by atoms with Crippen LogP contribution in [0.25, 0.3) is 0 Å². The largest absolute Gasteiger partial charge is 0.370 e. The number of carbonyl (C=O) groups is 1. The molecule has 1 amide bonds. The van der Waals surface area contributed by atoms with Crippen LogP contribution in [-0.4, -0.2) is 24.0 Å². The quantitative estimate of drug-likeness (QED) is 0.776. The highest BCUT2D eigenvalue weighted by Crippen LogP contribution is 2.31. The summed E-state index contributed by atoms with van der Waals surface area (Å²) in [6, 6.07) is 1.97. The fraction of sp³-hybridized carbons (Fsp3) is 0.500. The van der Waals surface area contributed by atoms with Crippen molar-refractivity contribution in [2.24, 2.45) is 0 Å². The van der Waals surface area contributed by atoms with E-state index in [1.54, 1.807) is 6.20 Å². The molecule has 0 aliphatic carbocycles. The van der Waals surface area contributed by atoms with Gasteiger partial charge in [-0.3, -0.25) is 4.79 Å². The van der Waals surface area contributed by atoms with Crippen LogP contribution in [0.15, 0.2) is 12.3 Å². The molecule has 1 saturated heterocycles. The van der Waals surface area contributed by atoms with Crippen LogP contribution in [0.4, 0.5) is 11.5 Å². The monoisotopic (exact) mass is 217 g/mol. The second-order valence-corrected chi connectivity index (χ2v) is 4.34. The van der Waals surface area contributed by atoms with E-state index in [-0.39, 0.29) is 5.91 Å². The first-order valence-corrected chi connectivity index (χ1v) is 5.88. The van der Waals surface area contributed by atoms with Gasteiger partial charge in [-0.15, -0.1) is 0 Å². The number of nitrogens with one attached hydrogen (secondary N) is 1. The van der Waals surface area contributed by atoms with Crippen molar-refractivity contribution >= 4 is 17.4 Å². The van der Waals surface area contributed by atoms with Crippen LogP contribution >= 0.6 is 0 Å². The Hall–Kier alpha value is -1.58. The lowest BCUT2D eigenvalue weighted by Crippen LogP contribution is -2.26. The molecule has 0 radical (unpaired) electrons. The Morgan fingerprint density at radius 2 is 2.25 bits per heavy atom. The standard InChI is InChI=1S/C12H15N3O/c16-11-4-2-8-15(11)10-5-7-14-12-9(10)3-1-6-13-12/h5,7H,1-4,6,8H2,(H,13,14). The molecular formula is C12H15N3O. The van der Waals surface area contributed by atoms with E-state index in [4.69, 9.17) is 0 Å². The first kappa shape index (κ1) is 9.63. The van der Waals surface area contributed by atoms with Gasteiger partial charge in [0.25, 0.3) is 0 Å². The van der Waals surface area contributed by atoms with Gasteiger partial charge < -0.3 is 10.2 Å². The molecule has 0 spiro atoms. The molecule has 1 N–H and O–H groups in total. The highest BCUT2D eigenvalue weighted by Gasteiger charge is 2.25. The molecule has 0 bridgehead atoms. The molecule has 3 rings (SSSR count). The first-order chi connectivity index (χ1) is 7.86. The molecule has 0 saturated carbocycles. The Bertz CT molecular complexity index is 430. The Balaban J connectivity index is 2.03. The molecule has 3 heterocycles. The summed E-state index contributed by atoms with van der Waals surface area (Å²) in [7, 11) is 0. The van der Waals surface area contributed by atoms with E-state index >= 15 is 0 Å². The lowest BCUT2D eigenvalue weighted by atomic mass is 10.0. The molecule has 1 aromatic rings. The normalized spacial score (nSPS) is 19.5. The number of hydrogen-bond acceptors (Lipinski definition) is 3. The van der Waals surface area contributed by atoms with Crippen molar-refractivity contribution in [2.45, 2.75) is 25.7 Å². The van der Waals surface area contributed by atoms with Gasteiger partial charge in [0.15, 0.2) is 0 Å². The summed E-state index contributed by atoms with van der Waals surface area (Å²) >= 11 is 0. The van der Waals surface area contributed by atoms with Gasteiger partial charge in [-0.1, -0.05) is 0 Å². The molecule has 16 heavy (non-hydrogen) atoms. The van der Waals surface area contributed by atoms with Crippen molar-refractivity contribution in [2.75, 3.05) is 23.3 Å². The van der Waals surface area contributed by atoms with Crippen LogP contribution in [0.1, 0.15) is 24.8 Å². The third-order valence-electron chi connectivity index (χ3n) is 3.29. The summed E-state index contributed by atoms with van der Waals surface area (Å²) in [6.45, 7) is 1.84. The van der Waals surface area contributed by atoms with Gasteiger partial charge in [0, 0.05) is 31.3 Å². The molecule has 4 heteroatoms. The minimum Gasteiger partial charge on any atom is -0.370 e. The highest BCUT2D eigenvalue weighted by atomic mass is 16.2. The number of fused-ring (bicyclic) bond motifs is 1. The minimum absolute atomic E-state index is 0.249. The summed E-state index contributed by atoms with van der Waals surface area (Å²) in [5.41, 5.74) is 2.28. The number of nitrogens with zero attached hydrogens (tertiary/aromatic N) is 2. The number of anilines is 2. The lowest BCUT2D eigenvalue weighted by Gasteiger charge is -2.24. The fourth-order valence-electron chi connectivity index (χ4n) is 2.51. The molecule has 2 aliphatic rings. The average molecular weight is 217 g/mol. The second kappa shape index (κ2) is 3.77.